The highest BCUT2D eigenvalue weighted by molar-refractivity contribution is 5.85. The van der Waals surface area contributed by atoms with Crippen LogP contribution in [0.2, 0.25) is 0 Å². The third-order valence-electron chi connectivity index (χ3n) is 3.97. The second-order valence-corrected chi connectivity index (χ2v) is 5.90. The molecule has 134 valence electrons. The van der Waals surface area contributed by atoms with E-state index in [4.69, 9.17) is 0 Å². The van der Waals surface area contributed by atoms with Gasteiger partial charge in [0.25, 0.3) is 0 Å². The molecule has 0 radical (unpaired) electrons. The average Bonchev–Trinajstić information content (AvgIpc) is 3.03. The zero-order valence-electron chi connectivity index (χ0n) is 13.6. The van der Waals surface area contributed by atoms with Crippen LogP contribution in [-0.2, 0) is 16.0 Å². The minimum atomic E-state index is -0.347. The molecule has 1 aromatic carbocycles. The van der Waals surface area contributed by atoms with Gasteiger partial charge in [-0.3, -0.25) is 9.59 Å². The van der Waals surface area contributed by atoms with Gasteiger partial charge in [0.05, 0.1) is 6.42 Å². The Bertz CT molecular complexity index is 536. The van der Waals surface area contributed by atoms with E-state index in [9.17, 15) is 14.0 Å². The van der Waals surface area contributed by atoms with Crippen LogP contribution in [0, 0.1) is 11.7 Å². The molecule has 2 amide bonds. The number of rotatable bonds is 8. The van der Waals surface area contributed by atoms with Crippen LogP contribution >= 0.6 is 12.4 Å². The number of hydrogen-bond donors (Lipinski definition) is 3. The SMILES string of the molecule is Cl.O=C(CCC1CCNC1)NCCNC(=O)Cc1cccc(F)c1. The molecule has 0 aliphatic carbocycles. The summed E-state index contributed by atoms with van der Waals surface area (Å²) in [6.07, 6.45) is 2.72. The molecule has 7 heteroatoms. The second-order valence-electron chi connectivity index (χ2n) is 5.90. The molecule has 0 saturated carbocycles. The van der Waals surface area contributed by atoms with E-state index in [1.54, 1.807) is 12.1 Å². The van der Waals surface area contributed by atoms with Gasteiger partial charge in [0.1, 0.15) is 5.82 Å². The highest BCUT2D eigenvalue weighted by atomic mass is 35.5. The fraction of sp³-hybridized carbons (Fsp3) is 0.529. The molecule has 0 spiro atoms. The van der Waals surface area contributed by atoms with Gasteiger partial charge < -0.3 is 16.0 Å². The Labute approximate surface area is 148 Å². The predicted octanol–water partition coefficient (Wildman–Crippen LogP) is 1.41. The summed E-state index contributed by atoms with van der Waals surface area (Å²) in [5, 5.41) is 8.80. The van der Waals surface area contributed by atoms with E-state index < -0.39 is 0 Å². The molecular formula is C17H25ClFN3O2. The third-order valence-corrected chi connectivity index (χ3v) is 3.97. The van der Waals surface area contributed by atoms with Gasteiger partial charge in [-0.25, -0.2) is 4.39 Å². The summed E-state index contributed by atoms with van der Waals surface area (Å²) < 4.78 is 13.0. The van der Waals surface area contributed by atoms with Crippen LogP contribution in [0.4, 0.5) is 4.39 Å². The fourth-order valence-electron chi connectivity index (χ4n) is 2.68. The number of benzene rings is 1. The summed E-state index contributed by atoms with van der Waals surface area (Å²) in [6, 6.07) is 5.98. The standard InChI is InChI=1S/C17H24FN3O2.ClH/c18-15-3-1-2-14(10-15)11-17(23)21-9-8-20-16(22)5-4-13-6-7-19-12-13;/h1-3,10,13,19H,4-9,11-12H2,(H,20,22)(H,21,23);1H. The summed E-state index contributed by atoms with van der Waals surface area (Å²) in [6.45, 7) is 2.84. The van der Waals surface area contributed by atoms with Crippen molar-refractivity contribution < 1.29 is 14.0 Å². The Kier molecular flexibility index (Phi) is 9.34. The first-order valence-electron chi connectivity index (χ1n) is 8.12. The summed E-state index contributed by atoms with van der Waals surface area (Å²) in [5.74, 6) is 0.102. The molecule has 1 aromatic rings. The Morgan fingerprint density at radius 1 is 1.21 bits per heavy atom. The largest absolute Gasteiger partial charge is 0.354 e. The maximum absolute atomic E-state index is 13.0. The van der Waals surface area contributed by atoms with E-state index in [1.807, 2.05) is 0 Å². The molecule has 1 aliphatic heterocycles. The van der Waals surface area contributed by atoms with Crippen LogP contribution in [0.15, 0.2) is 24.3 Å². The monoisotopic (exact) mass is 357 g/mol. The normalized spacial score (nSPS) is 16.3. The highest BCUT2D eigenvalue weighted by Gasteiger charge is 2.15. The minimum absolute atomic E-state index is 0. The predicted molar refractivity (Wildman–Crippen MR) is 93.6 cm³/mol. The molecule has 1 heterocycles. The number of hydrogen-bond acceptors (Lipinski definition) is 3. The van der Waals surface area contributed by atoms with E-state index in [0.717, 1.165) is 25.9 Å². The van der Waals surface area contributed by atoms with Crippen molar-refractivity contribution in [2.45, 2.75) is 25.7 Å². The number of amides is 2. The first-order chi connectivity index (χ1) is 11.1. The Hall–Kier alpha value is -1.66. The van der Waals surface area contributed by atoms with Gasteiger partial charge in [-0.05, 0) is 49.5 Å². The Balaban J connectivity index is 0.00000288. The van der Waals surface area contributed by atoms with Gasteiger partial charge in [-0.1, -0.05) is 12.1 Å². The van der Waals surface area contributed by atoms with Gasteiger partial charge in [0.2, 0.25) is 11.8 Å². The first-order valence-corrected chi connectivity index (χ1v) is 8.12. The Morgan fingerprint density at radius 3 is 2.62 bits per heavy atom. The molecule has 2 rings (SSSR count). The van der Waals surface area contributed by atoms with E-state index in [2.05, 4.69) is 16.0 Å². The smallest absolute Gasteiger partial charge is 0.224 e. The van der Waals surface area contributed by atoms with Gasteiger partial charge in [-0.15, -0.1) is 12.4 Å². The van der Waals surface area contributed by atoms with Gasteiger partial charge in [0.15, 0.2) is 0 Å². The van der Waals surface area contributed by atoms with Crippen LogP contribution in [0.5, 0.6) is 0 Å². The zero-order chi connectivity index (χ0) is 16.5. The van der Waals surface area contributed by atoms with Crippen LogP contribution in [-0.4, -0.2) is 38.0 Å². The third kappa shape index (κ3) is 7.75. The molecule has 3 N–H and O–H groups in total. The molecule has 1 saturated heterocycles. The van der Waals surface area contributed by atoms with Crippen molar-refractivity contribution in [2.24, 2.45) is 5.92 Å². The van der Waals surface area contributed by atoms with E-state index in [1.165, 1.54) is 12.1 Å². The molecule has 1 aliphatic rings. The quantitative estimate of drug-likeness (QED) is 0.616. The molecule has 5 nitrogen and oxygen atoms in total. The van der Waals surface area contributed by atoms with Gasteiger partial charge in [0, 0.05) is 19.5 Å². The van der Waals surface area contributed by atoms with Crippen LogP contribution in [0.3, 0.4) is 0 Å². The van der Waals surface area contributed by atoms with Crippen molar-refractivity contribution in [1.29, 1.82) is 0 Å². The van der Waals surface area contributed by atoms with Gasteiger partial charge in [-0.2, -0.15) is 0 Å². The van der Waals surface area contributed by atoms with Gasteiger partial charge >= 0.3 is 0 Å². The summed E-state index contributed by atoms with van der Waals surface area (Å²) >= 11 is 0. The zero-order valence-corrected chi connectivity index (χ0v) is 14.5. The lowest BCUT2D eigenvalue weighted by molar-refractivity contribution is -0.122. The first kappa shape index (κ1) is 20.4. The lowest BCUT2D eigenvalue weighted by Crippen LogP contribution is -2.35. The van der Waals surface area contributed by atoms with Crippen LogP contribution in [0.1, 0.15) is 24.8 Å². The maximum Gasteiger partial charge on any atom is 0.224 e. The number of nitrogens with one attached hydrogen (secondary N) is 3. The molecular weight excluding hydrogens is 333 g/mol. The Morgan fingerprint density at radius 2 is 1.96 bits per heavy atom. The highest BCUT2D eigenvalue weighted by Crippen LogP contribution is 2.13. The summed E-state index contributed by atoms with van der Waals surface area (Å²) in [5.41, 5.74) is 0.636. The minimum Gasteiger partial charge on any atom is -0.354 e. The molecule has 0 aromatic heterocycles. The van der Waals surface area contributed by atoms with Crippen LogP contribution < -0.4 is 16.0 Å². The molecule has 24 heavy (non-hydrogen) atoms. The topological polar surface area (TPSA) is 70.2 Å². The number of carbonyl (C=O) groups excluding carboxylic acids is 2. The number of carbonyl (C=O) groups is 2. The lowest BCUT2D eigenvalue weighted by Gasteiger charge is -2.09. The van der Waals surface area contributed by atoms with E-state index in [0.29, 0.717) is 31.0 Å². The molecule has 1 atom stereocenters. The maximum atomic E-state index is 13.0. The second kappa shape index (κ2) is 11.0. The summed E-state index contributed by atoms with van der Waals surface area (Å²) in [4.78, 5) is 23.4. The number of halogens is 2. The lowest BCUT2D eigenvalue weighted by atomic mass is 10.0. The van der Waals surface area contributed by atoms with Crippen LogP contribution in [0.25, 0.3) is 0 Å². The average molecular weight is 358 g/mol. The van der Waals surface area contributed by atoms with Crippen molar-refractivity contribution in [1.82, 2.24) is 16.0 Å². The van der Waals surface area contributed by atoms with Crippen molar-refractivity contribution >= 4 is 24.2 Å². The summed E-state index contributed by atoms with van der Waals surface area (Å²) in [7, 11) is 0. The van der Waals surface area contributed by atoms with Crippen molar-refractivity contribution in [3.63, 3.8) is 0 Å². The van der Waals surface area contributed by atoms with Crippen molar-refractivity contribution in [2.75, 3.05) is 26.2 Å². The van der Waals surface area contributed by atoms with E-state index in [-0.39, 0.29) is 36.5 Å². The molecule has 1 fully saturated rings. The fourth-order valence-corrected chi connectivity index (χ4v) is 2.68. The van der Waals surface area contributed by atoms with E-state index >= 15 is 0 Å². The molecule has 0 bridgehead atoms. The van der Waals surface area contributed by atoms with Crippen molar-refractivity contribution in [3.8, 4) is 0 Å². The van der Waals surface area contributed by atoms with Crippen molar-refractivity contribution in [3.05, 3.63) is 35.6 Å². The molecule has 1 unspecified atom stereocenters.